The normalized spacial score (nSPS) is 13.8. The second-order valence-electron chi connectivity index (χ2n) is 4.32. The molecular formula is C13H18O5. The van der Waals surface area contributed by atoms with E-state index in [1.54, 1.807) is 19.1 Å². The fraction of sp³-hybridized carbons (Fsp3) is 0.462. The van der Waals surface area contributed by atoms with Crippen LogP contribution in [0.15, 0.2) is 12.1 Å². The molecule has 0 aliphatic heterocycles. The highest BCUT2D eigenvalue weighted by Crippen LogP contribution is 2.36. The van der Waals surface area contributed by atoms with Crippen molar-refractivity contribution in [1.82, 2.24) is 0 Å². The predicted octanol–water partition coefficient (Wildman–Crippen LogP) is 1.35. The number of aryl methyl sites for hydroxylation is 1. The van der Waals surface area contributed by atoms with E-state index in [2.05, 4.69) is 0 Å². The lowest BCUT2D eigenvalue weighted by atomic mass is 9.80. The van der Waals surface area contributed by atoms with Crippen molar-refractivity contribution in [2.24, 2.45) is 0 Å². The molecule has 0 fully saturated rings. The summed E-state index contributed by atoms with van der Waals surface area (Å²) in [6.07, 6.45) is 0. The number of hydrogen-bond acceptors (Lipinski definition) is 4. The fourth-order valence-corrected chi connectivity index (χ4v) is 1.84. The van der Waals surface area contributed by atoms with Crippen LogP contribution in [0.5, 0.6) is 11.5 Å². The highest BCUT2D eigenvalue weighted by atomic mass is 16.5. The van der Waals surface area contributed by atoms with Gasteiger partial charge in [-0.25, -0.2) is 0 Å². The number of aliphatic hydroxyl groups excluding tert-OH is 1. The van der Waals surface area contributed by atoms with Crippen LogP contribution in [0, 0.1) is 6.92 Å². The SMILES string of the molecule is COc1cc(C)c(C(C)(CO)C(=O)O)cc1OC. The molecule has 0 amide bonds. The quantitative estimate of drug-likeness (QED) is 0.829. The van der Waals surface area contributed by atoms with E-state index >= 15 is 0 Å². The van der Waals surface area contributed by atoms with Gasteiger partial charge in [-0.2, -0.15) is 0 Å². The number of carboxylic acids is 1. The molecule has 0 saturated carbocycles. The Balaban J connectivity index is 3.45. The van der Waals surface area contributed by atoms with Gasteiger partial charge in [-0.05, 0) is 37.1 Å². The van der Waals surface area contributed by atoms with Gasteiger partial charge in [-0.15, -0.1) is 0 Å². The first-order valence-electron chi connectivity index (χ1n) is 5.48. The van der Waals surface area contributed by atoms with E-state index in [4.69, 9.17) is 9.47 Å². The van der Waals surface area contributed by atoms with Crippen LogP contribution in [-0.4, -0.2) is 37.0 Å². The second kappa shape index (κ2) is 5.27. The zero-order valence-corrected chi connectivity index (χ0v) is 11.0. The van der Waals surface area contributed by atoms with Gasteiger partial charge in [0.1, 0.15) is 5.41 Å². The van der Waals surface area contributed by atoms with Crippen LogP contribution in [0.2, 0.25) is 0 Å². The van der Waals surface area contributed by atoms with Gasteiger partial charge in [-0.1, -0.05) is 0 Å². The minimum atomic E-state index is -1.36. The topological polar surface area (TPSA) is 76.0 Å². The van der Waals surface area contributed by atoms with Crippen molar-refractivity contribution in [2.45, 2.75) is 19.3 Å². The van der Waals surface area contributed by atoms with Crippen LogP contribution in [0.1, 0.15) is 18.1 Å². The van der Waals surface area contributed by atoms with Crippen molar-refractivity contribution in [3.05, 3.63) is 23.3 Å². The summed E-state index contributed by atoms with van der Waals surface area (Å²) in [5.41, 5.74) is -0.120. The Kier molecular flexibility index (Phi) is 4.19. The fourth-order valence-electron chi connectivity index (χ4n) is 1.84. The molecule has 1 unspecified atom stereocenters. The van der Waals surface area contributed by atoms with Crippen LogP contribution in [-0.2, 0) is 10.2 Å². The summed E-state index contributed by atoms with van der Waals surface area (Å²) in [5.74, 6) is -0.108. The maximum absolute atomic E-state index is 11.3. The van der Waals surface area contributed by atoms with Gasteiger partial charge >= 0.3 is 5.97 Å². The third-order valence-corrected chi connectivity index (χ3v) is 3.11. The number of benzene rings is 1. The molecule has 0 saturated heterocycles. The Labute approximate surface area is 106 Å². The molecule has 100 valence electrons. The molecule has 18 heavy (non-hydrogen) atoms. The zero-order valence-electron chi connectivity index (χ0n) is 11.0. The third-order valence-electron chi connectivity index (χ3n) is 3.11. The third kappa shape index (κ3) is 2.26. The van der Waals surface area contributed by atoms with E-state index in [-0.39, 0.29) is 0 Å². The number of methoxy groups -OCH3 is 2. The minimum absolute atomic E-state index is 0.444. The Morgan fingerprint density at radius 3 is 2.17 bits per heavy atom. The molecule has 2 N–H and O–H groups in total. The molecule has 0 aromatic heterocycles. The Hall–Kier alpha value is -1.75. The van der Waals surface area contributed by atoms with Gasteiger partial charge in [0.05, 0.1) is 20.8 Å². The highest BCUT2D eigenvalue weighted by Gasteiger charge is 2.36. The van der Waals surface area contributed by atoms with Gasteiger partial charge < -0.3 is 19.7 Å². The molecule has 0 heterocycles. The first kappa shape index (κ1) is 14.3. The number of rotatable bonds is 5. The van der Waals surface area contributed by atoms with Crippen LogP contribution >= 0.6 is 0 Å². The van der Waals surface area contributed by atoms with E-state index in [9.17, 15) is 15.0 Å². The largest absolute Gasteiger partial charge is 0.493 e. The van der Waals surface area contributed by atoms with Gasteiger partial charge in [0, 0.05) is 0 Å². The minimum Gasteiger partial charge on any atom is -0.493 e. The number of hydrogen-bond donors (Lipinski definition) is 2. The number of carbonyl (C=O) groups is 1. The summed E-state index contributed by atoms with van der Waals surface area (Å²) in [5, 5.41) is 18.6. The Morgan fingerprint density at radius 2 is 1.78 bits per heavy atom. The summed E-state index contributed by atoms with van der Waals surface area (Å²) in [6.45, 7) is 2.76. The summed E-state index contributed by atoms with van der Waals surface area (Å²) < 4.78 is 10.3. The summed E-state index contributed by atoms with van der Waals surface area (Å²) >= 11 is 0. The predicted molar refractivity (Wildman–Crippen MR) is 66.4 cm³/mol. The molecule has 5 heteroatoms. The van der Waals surface area contributed by atoms with Crippen molar-refractivity contribution in [2.75, 3.05) is 20.8 Å². The monoisotopic (exact) mass is 254 g/mol. The molecule has 1 atom stereocenters. The van der Waals surface area contributed by atoms with Gasteiger partial charge in [0.2, 0.25) is 0 Å². The molecule has 0 aliphatic carbocycles. The van der Waals surface area contributed by atoms with E-state index in [1.165, 1.54) is 21.1 Å². The molecule has 0 spiro atoms. The lowest BCUT2D eigenvalue weighted by molar-refractivity contribution is -0.144. The van der Waals surface area contributed by atoms with Crippen molar-refractivity contribution in [3.8, 4) is 11.5 Å². The maximum Gasteiger partial charge on any atom is 0.316 e. The summed E-state index contributed by atoms with van der Waals surface area (Å²) in [4.78, 5) is 11.3. The van der Waals surface area contributed by atoms with E-state index in [1.807, 2.05) is 0 Å². The molecule has 1 aromatic carbocycles. The van der Waals surface area contributed by atoms with Gasteiger partial charge in [-0.3, -0.25) is 4.79 Å². The average Bonchev–Trinajstić information content (AvgIpc) is 2.37. The lowest BCUT2D eigenvalue weighted by Gasteiger charge is -2.25. The number of carboxylic acid groups (broad SMARTS) is 1. The molecule has 0 bridgehead atoms. The smallest absolute Gasteiger partial charge is 0.316 e. The summed E-state index contributed by atoms with van der Waals surface area (Å²) in [6, 6.07) is 3.30. The van der Waals surface area contributed by atoms with Crippen molar-refractivity contribution in [1.29, 1.82) is 0 Å². The Morgan fingerprint density at radius 1 is 1.28 bits per heavy atom. The zero-order chi connectivity index (χ0) is 13.9. The first-order chi connectivity index (χ1) is 8.40. The molecule has 5 nitrogen and oxygen atoms in total. The number of aliphatic carboxylic acids is 1. The molecule has 0 aliphatic rings. The molecule has 0 radical (unpaired) electrons. The molecular weight excluding hydrogens is 236 g/mol. The first-order valence-corrected chi connectivity index (χ1v) is 5.48. The molecule has 1 rings (SSSR count). The van der Waals surface area contributed by atoms with Gasteiger partial charge in [0.15, 0.2) is 11.5 Å². The highest BCUT2D eigenvalue weighted by molar-refractivity contribution is 5.82. The van der Waals surface area contributed by atoms with Crippen molar-refractivity contribution >= 4 is 5.97 Å². The van der Waals surface area contributed by atoms with E-state index in [0.29, 0.717) is 17.1 Å². The van der Waals surface area contributed by atoms with Crippen molar-refractivity contribution < 1.29 is 24.5 Å². The van der Waals surface area contributed by atoms with Crippen LogP contribution < -0.4 is 9.47 Å². The molecule has 1 aromatic rings. The maximum atomic E-state index is 11.3. The number of ether oxygens (including phenoxy) is 2. The van der Waals surface area contributed by atoms with Crippen LogP contribution in [0.3, 0.4) is 0 Å². The van der Waals surface area contributed by atoms with Crippen LogP contribution in [0.25, 0.3) is 0 Å². The van der Waals surface area contributed by atoms with Crippen molar-refractivity contribution in [3.63, 3.8) is 0 Å². The standard InChI is InChI=1S/C13H18O5/c1-8-5-10(17-3)11(18-4)6-9(8)13(2,7-14)12(15)16/h5-6,14H,7H2,1-4H3,(H,15,16). The number of aliphatic hydroxyl groups is 1. The Bertz CT molecular complexity index is 455. The van der Waals surface area contributed by atoms with Crippen LogP contribution in [0.4, 0.5) is 0 Å². The van der Waals surface area contributed by atoms with Gasteiger partial charge in [0.25, 0.3) is 0 Å². The van der Waals surface area contributed by atoms with E-state index in [0.717, 1.165) is 5.56 Å². The second-order valence-corrected chi connectivity index (χ2v) is 4.32. The lowest BCUT2D eigenvalue weighted by Crippen LogP contribution is -2.37. The van der Waals surface area contributed by atoms with E-state index < -0.39 is 18.0 Å². The summed E-state index contributed by atoms with van der Waals surface area (Å²) in [7, 11) is 2.99. The average molecular weight is 254 g/mol.